The predicted molar refractivity (Wildman–Crippen MR) is 124 cm³/mol. The van der Waals surface area contributed by atoms with Crippen LogP contribution < -0.4 is 4.90 Å². The molecule has 1 unspecified atom stereocenters. The summed E-state index contributed by atoms with van der Waals surface area (Å²) >= 11 is 12.7. The Morgan fingerprint density at radius 3 is 2.37 bits per heavy atom. The number of halogens is 2. The number of hydrogen-bond donors (Lipinski definition) is 0. The molecule has 0 aromatic heterocycles. The molecule has 1 heterocycles. The topological polar surface area (TPSA) is 30.3 Å². The first-order valence-electron chi connectivity index (χ1n) is 10.0. The van der Waals surface area contributed by atoms with Gasteiger partial charge in [-0.25, -0.2) is 0 Å². The Morgan fingerprint density at radius 1 is 0.967 bits per heavy atom. The Morgan fingerprint density at radius 2 is 1.70 bits per heavy atom. The molecule has 3 nitrogen and oxygen atoms in total. The number of hydrogen-bond acceptors (Lipinski definition) is 3. The molecule has 3 aromatic carbocycles. The summed E-state index contributed by atoms with van der Waals surface area (Å²) in [7, 11) is 0. The van der Waals surface area contributed by atoms with E-state index < -0.39 is 0 Å². The Kier molecular flexibility index (Phi) is 6.29. The zero-order chi connectivity index (χ0) is 21.1. The molecule has 5 heteroatoms. The highest BCUT2D eigenvalue weighted by Crippen LogP contribution is 2.36. The van der Waals surface area contributed by atoms with E-state index >= 15 is 0 Å². The zero-order valence-corrected chi connectivity index (χ0v) is 18.4. The highest BCUT2D eigenvalue weighted by atomic mass is 35.5. The molecule has 0 aliphatic carbocycles. The first kappa shape index (κ1) is 20.8. The van der Waals surface area contributed by atoms with E-state index in [0.717, 1.165) is 31.9 Å². The largest absolute Gasteiger partial charge is 0.361 e. The Labute approximate surface area is 188 Å². The van der Waals surface area contributed by atoms with E-state index in [4.69, 9.17) is 28.5 Å². The van der Waals surface area contributed by atoms with Crippen molar-refractivity contribution in [3.63, 3.8) is 0 Å². The molecule has 1 aliphatic rings. The average molecular weight is 436 g/mol. The van der Waals surface area contributed by atoms with E-state index in [1.807, 2.05) is 42.5 Å². The van der Waals surface area contributed by atoms with Gasteiger partial charge in [0.1, 0.15) is 0 Å². The van der Waals surface area contributed by atoms with Crippen LogP contribution in [0, 0.1) is 18.3 Å². The zero-order valence-electron chi connectivity index (χ0n) is 16.9. The van der Waals surface area contributed by atoms with E-state index in [0.29, 0.717) is 15.6 Å². The van der Waals surface area contributed by atoms with Gasteiger partial charge in [0, 0.05) is 31.2 Å². The number of benzene rings is 3. The molecular formula is C25H23Cl2N3. The number of nitrogens with zero attached hydrogens (tertiary/aromatic N) is 3. The minimum Gasteiger partial charge on any atom is -0.361 e. The maximum atomic E-state index is 9.02. The van der Waals surface area contributed by atoms with Gasteiger partial charge in [-0.05, 0) is 48.4 Å². The fraction of sp³-hybridized carbons (Fsp3) is 0.240. The van der Waals surface area contributed by atoms with Crippen LogP contribution in [0.4, 0.5) is 5.69 Å². The maximum absolute atomic E-state index is 9.02. The lowest BCUT2D eigenvalue weighted by Gasteiger charge is -2.43. The standard InChI is InChI=1S/C25H23Cl2N3/c1-18-2-8-21(9-3-18)25-17-29(16-20-6-4-19(15-28)5-7-20)12-13-30(25)24-11-10-22(26)14-23(24)27/h2-11,14,25H,12-13,16-17H2,1H3. The summed E-state index contributed by atoms with van der Waals surface area (Å²) in [6.07, 6.45) is 0. The lowest BCUT2D eigenvalue weighted by Crippen LogP contribution is -2.48. The third-order valence-electron chi connectivity index (χ3n) is 5.63. The predicted octanol–water partition coefficient (Wildman–Crippen LogP) is 6.24. The summed E-state index contributed by atoms with van der Waals surface area (Å²) in [5.41, 5.74) is 5.45. The van der Waals surface area contributed by atoms with Crippen LogP contribution in [0.15, 0.2) is 66.7 Å². The second kappa shape index (κ2) is 9.10. The normalized spacial score (nSPS) is 17.0. The van der Waals surface area contributed by atoms with Gasteiger partial charge in [-0.3, -0.25) is 4.90 Å². The summed E-state index contributed by atoms with van der Waals surface area (Å²) in [5, 5.41) is 10.4. The van der Waals surface area contributed by atoms with E-state index in [2.05, 4.69) is 47.1 Å². The molecule has 1 atom stereocenters. The van der Waals surface area contributed by atoms with Crippen LogP contribution in [0.2, 0.25) is 10.0 Å². The minimum atomic E-state index is 0.191. The van der Waals surface area contributed by atoms with Crippen LogP contribution >= 0.6 is 23.2 Å². The molecule has 0 amide bonds. The molecule has 1 saturated heterocycles. The quantitative estimate of drug-likeness (QED) is 0.485. The van der Waals surface area contributed by atoms with E-state index in [1.165, 1.54) is 16.7 Å². The van der Waals surface area contributed by atoms with Crippen molar-refractivity contribution in [1.29, 1.82) is 5.26 Å². The fourth-order valence-electron chi connectivity index (χ4n) is 4.00. The van der Waals surface area contributed by atoms with Crippen molar-refractivity contribution >= 4 is 28.9 Å². The third kappa shape index (κ3) is 4.63. The first-order chi connectivity index (χ1) is 14.5. The molecule has 30 heavy (non-hydrogen) atoms. The molecule has 4 rings (SSSR count). The molecule has 0 spiro atoms. The second-order valence-electron chi connectivity index (χ2n) is 7.76. The van der Waals surface area contributed by atoms with E-state index in [-0.39, 0.29) is 6.04 Å². The van der Waals surface area contributed by atoms with Crippen molar-refractivity contribution in [2.75, 3.05) is 24.5 Å². The van der Waals surface area contributed by atoms with Gasteiger partial charge in [0.15, 0.2) is 0 Å². The summed E-state index contributed by atoms with van der Waals surface area (Å²) in [6, 6.07) is 24.7. The van der Waals surface area contributed by atoms with Gasteiger partial charge in [-0.15, -0.1) is 0 Å². The van der Waals surface area contributed by atoms with Crippen LogP contribution in [-0.4, -0.2) is 24.5 Å². The van der Waals surface area contributed by atoms with E-state index in [1.54, 1.807) is 0 Å². The van der Waals surface area contributed by atoms with Gasteiger partial charge >= 0.3 is 0 Å². The van der Waals surface area contributed by atoms with Crippen LogP contribution in [0.25, 0.3) is 0 Å². The fourth-order valence-corrected chi connectivity index (χ4v) is 4.52. The van der Waals surface area contributed by atoms with Gasteiger partial charge in [0.05, 0.1) is 28.4 Å². The summed E-state index contributed by atoms with van der Waals surface area (Å²) in [5.74, 6) is 0. The minimum absolute atomic E-state index is 0.191. The number of rotatable bonds is 4. The lowest BCUT2D eigenvalue weighted by molar-refractivity contribution is 0.215. The average Bonchev–Trinajstić information content (AvgIpc) is 2.75. The second-order valence-corrected chi connectivity index (χ2v) is 8.60. The van der Waals surface area contributed by atoms with Crippen molar-refractivity contribution < 1.29 is 0 Å². The summed E-state index contributed by atoms with van der Waals surface area (Å²) < 4.78 is 0. The van der Waals surface area contributed by atoms with Crippen molar-refractivity contribution in [2.45, 2.75) is 19.5 Å². The molecule has 1 aliphatic heterocycles. The lowest BCUT2D eigenvalue weighted by atomic mass is 9.99. The van der Waals surface area contributed by atoms with Crippen LogP contribution in [0.1, 0.15) is 28.3 Å². The smallest absolute Gasteiger partial charge is 0.0991 e. The molecule has 0 bridgehead atoms. The molecule has 3 aromatic rings. The summed E-state index contributed by atoms with van der Waals surface area (Å²) in [4.78, 5) is 4.85. The van der Waals surface area contributed by atoms with Crippen LogP contribution in [0.3, 0.4) is 0 Å². The molecule has 0 saturated carbocycles. The number of piperazine rings is 1. The van der Waals surface area contributed by atoms with Crippen LogP contribution in [-0.2, 0) is 6.54 Å². The highest BCUT2D eigenvalue weighted by molar-refractivity contribution is 6.36. The first-order valence-corrected chi connectivity index (χ1v) is 10.8. The van der Waals surface area contributed by atoms with Gasteiger partial charge in [0.2, 0.25) is 0 Å². The third-order valence-corrected chi connectivity index (χ3v) is 6.17. The van der Waals surface area contributed by atoms with Gasteiger partial charge in [-0.1, -0.05) is 65.2 Å². The highest BCUT2D eigenvalue weighted by Gasteiger charge is 2.29. The Bertz CT molecular complexity index is 1060. The number of nitriles is 1. The number of anilines is 1. The molecule has 0 N–H and O–H groups in total. The monoisotopic (exact) mass is 435 g/mol. The Hall–Kier alpha value is -2.51. The van der Waals surface area contributed by atoms with Crippen molar-refractivity contribution in [3.05, 3.63) is 99.0 Å². The molecule has 152 valence electrons. The van der Waals surface area contributed by atoms with Gasteiger partial charge < -0.3 is 4.90 Å². The van der Waals surface area contributed by atoms with Crippen LogP contribution in [0.5, 0.6) is 0 Å². The van der Waals surface area contributed by atoms with Crippen molar-refractivity contribution in [3.8, 4) is 6.07 Å². The van der Waals surface area contributed by atoms with E-state index in [9.17, 15) is 0 Å². The van der Waals surface area contributed by atoms with Crippen molar-refractivity contribution in [2.24, 2.45) is 0 Å². The van der Waals surface area contributed by atoms with Gasteiger partial charge in [0.25, 0.3) is 0 Å². The number of aryl methyl sites for hydroxylation is 1. The molecule has 0 radical (unpaired) electrons. The molecule has 1 fully saturated rings. The van der Waals surface area contributed by atoms with Crippen molar-refractivity contribution in [1.82, 2.24) is 4.90 Å². The Balaban J connectivity index is 1.60. The SMILES string of the molecule is Cc1ccc(C2CN(Cc3ccc(C#N)cc3)CCN2c2ccc(Cl)cc2Cl)cc1. The molecular weight excluding hydrogens is 413 g/mol. The maximum Gasteiger partial charge on any atom is 0.0991 e. The summed E-state index contributed by atoms with van der Waals surface area (Å²) in [6.45, 7) is 5.66. The van der Waals surface area contributed by atoms with Gasteiger partial charge in [-0.2, -0.15) is 5.26 Å².